The number of fused-ring (bicyclic) bond motifs is 2. The summed E-state index contributed by atoms with van der Waals surface area (Å²) in [5.74, 6) is 1.37. The Morgan fingerprint density at radius 3 is 2.39 bits per heavy atom. The van der Waals surface area contributed by atoms with Crippen LogP contribution >= 0.6 is 11.3 Å². The average Bonchev–Trinajstić information content (AvgIpc) is 3.31. The zero-order valence-corrected chi connectivity index (χ0v) is 14.0. The highest BCUT2D eigenvalue weighted by atomic mass is 32.1. The van der Waals surface area contributed by atoms with E-state index in [4.69, 9.17) is 5.73 Å². The molecule has 2 aliphatic carbocycles. The standard InChI is InChI=1S/C17H23N3O2S/c18-15-12-2-1-11(9-12)14(15)17(22)20-6-4-19(5-7-20)16(21)13-3-8-23-10-13/h3,8,10-12,14-15H,1-2,4-7,9,18H2. The predicted octanol–water partition coefficient (Wildman–Crippen LogP) is 1.41. The highest BCUT2D eigenvalue weighted by molar-refractivity contribution is 7.08. The number of carbonyl (C=O) groups excluding carboxylic acids is 2. The van der Waals surface area contributed by atoms with Crippen LogP contribution in [0.5, 0.6) is 0 Å². The molecule has 2 heterocycles. The second-order valence-corrected chi connectivity index (χ2v) is 7.85. The molecule has 3 aliphatic rings. The van der Waals surface area contributed by atoms with Crippen LogP contribution in [0.1, 0.15) is 29.6 Å². The quantitative estimate of drug-likeness (QED) is 0.890. The highest BCUT2D eigenvalue weighted by Gasteiger charge is 2.50. The number of amides is 2. The van der Waals surface area contributed by atoms with Crippen LogP contribution in [0.4, 0.5) is 0 Å². The summed E-state index contributed by atoms with van der Waals surface area (Å²) in [4.78, 5) is 29.0. The lowest BCUT2D eigenvalue weighted by Gasteiger charge is -2.38. The molecule has 1 aliphatic heterocycles. The Balaban J connectivity index is 1.36. The van der Waals surface area contributed by atoms with Crippen molar-refractivity contribution in [2.75, 3.05) is 26.2 Å². The van der Waals surface area contributed by atoms with E-state index in [2.05, 4.69) is 0 Å². The van der Waals surface area contributed by atoms with Crippen molar-refractivity contribution in [1.29, 1.82) is 0 Å². The van der Waals surface area contributed by atoms with Gasteiger partial charge in [0.1, 0.15) is 0 Å². The molecule has 4 unspecified atom stereocenters. The molecule has 124 valence electrons. The van der Waals surface area contributed by atoms with E-state index in [0.29, 0.717) is 38.0 Å². The van der Waals surface area contributed by atoms with Crippen molar-refractivity contribution in [2.45, 2.75) is 25.3 Å². The van der Waals surface area contributed by atoms with Crippen LogP contribution < -0.4 is 5.73 Å². The van der Waals surface area contributed by atoms with Gasteiger partial charge >= 0.3 is 0 Å². The van der Waals surface area contributed by atoms with Gasteiger partial charge in [-0.2, -0.15) is 11.3 Å². The van der Waals surface area contributed by atoms with Gasteiger partial charge in [-0.3, -0.25) is 9.59 Å². The Hall–Kier alpha value is -1.40. The van der Waals surface area contributed by atoms with E-state index < -0.39 is 0 Å². The maximum Gasteiger partial charge on any atom is 0.254 e. The number of rotatable bonds is 2. The Morgan fingerprint density at radius 1 is 1.09 bits per heavy atom. The summed E-state index contributed by atoms with van der Waals surface area (Å²) in [7, 11) is 0. The fourth-order valence-corrected chi connectivity index (χ4v) is 5.24. The first-order chi connectivity index (χ1) is 11.1. The van der Waals surface area contributed by atoms with E-state index in [-0.39, 0.29) is 23.8 Å². The van der Waals surface area contributed by atoms with Crippen LogP contribution in [0.15, 0.2) is 16.8 Å². The molecular formula is C17H23N3O2S. The average molecular weight is 333 g/mol. The molecule has 3 fully saturated rings. The van der Waals surface area contributed by atoms with Crippen LogP contribution in [0, 0.1) is 17.8 Å². The van der Waals surface area contributed by atoms with Gasteiger partial charge in [0.25, 0.3) is 5.91 Å². The summed E-state index contributed by atoms with van der Waals surface area (Å²) in [5, 5.41) is 3.80. The van der Waals surface area contributed by atoms with Crippen molar-refractivity contribution in [2.24, 2.45) is 23.5 Å². The van der Waals surface area contributed by atoms with E-state index in [9.17, 15) is 9.59 Å². The molecular weight excluding hydrogens is 310 g/mol. The normalized spacial score (nSPS) is 33.3. The summed E-state index contributed by atoms with van der Waals surface area (Å²) in [6.07, 6.45) is 3.48. The lowest BCUT2D eigenvalue weighted by atomic mass is 9.84. The minimum atomic E-state index is 0.0212. The Morgan fingerprint density at radius 2 is 1.78 bits per heavy atom. The van der Waals surface area contributed by atoms with E-state index in [1.165, 1.54) is 17.8 Å². The summed E-state index contributed by atoms with van der Waals surface area (Å²) in [6, 6.07) is 1.91. The third-order valence-electron chi connectivity index (χ3n) is 5.91. The second-order valence-electron chi connectivity index (χ2n) is 7.07. The fraction of sp³-hybridized carbons (Fsp3) is 0.647. The van der Waals surface area contributed by atoms with Crippen molar-refractivity contribution >= 4 is 23.2 Å². The molecule has 6 heteroatoms. The molecule has 1 aromatic rings. The third kappa shape index (κ3) is 2.58. The molecule has 1 saturated heterocycles. The molecule has 5 nitrogen and oxygen atoms in total. The number of thiophene rings is 1. The molecule has 2 saturated carbocycles. The number of hydrogen-bond donors (Lipinski definition) is 1. The summed E-state index contributed by atoms with van der Waals surface area (Å²) < 4.78 is 0. The molecule has 23 heavy (non-hydrogen) atoms. The molecule has 2 bridgehead atoms. The van der Waals surface area contributed by atoms with Crippen molar-refractivity contribution in [3.8, 4) is 0 Å². The second kappa shape index (κ2) is 5.91. The number of nitrogens with two attached hydrogens (primary N) is 1. The third-order valence-corrected chi connectivity index (χ3v) is 6.60. The van der Waals surface area contributed by atoms with Gasteiger partial charge in [-0.25, -0.2) is 0 Å². The lowest BCUT2D eigenvalue weighted by Crippen LogP contribution is -2.54. The number of hydrogen-bond acceptors (Lipinski definition) is 4. The van der Waals surface area contributed by atoms with Gasteiger partial charge in [0.15, 0.2) is 0 Å². The van der Waals surface area contributed by atoms with Crippen LogP contribution in [-0.2, 0) is 4.79 Å². The molecule has 4 rings (SSSR count). The minimum Gasteiger partial charge on any atom is -0.339 e. The summed E-state index contributed by atoms with van der Waals surface area (Å²) in [5.41, 5.74) is 7.06. The zero-order valence-electron chi connectivity index (χ0n) is 13.2. The first-order valence-corrected chi connectivity index (χ1v) is 9.45. The van der Waals surface area contributed by atoms with E-state index in [1.807, 2.05) is 26.6 Å². The van der Waals surface area contributed by atoms with Crippen LogP contribution in [0.3, 0.4) is 0 Å². The first-order valence-electron chi connectivity index (χ1n) is 8.51. The number of carbonyl (C=O) groups is 2. The maximum absolute atomic E-state index is 12.8. The van der Waals surface area contributed by atoms with Crippen LogP contribution in [0.25, 0.3) is 0 Å². The Kier molecular flexibility index (Phi) is 3.89. The van der Waals surface area contributed by atoms with E-state index in [1.54, 1.807) is 0 Å². The van der Waals surface area contributed by atoms with Crippen LogP contribution in [-0.4, -0.2) is 53.8 Å². The van der Waals surface area contributed by atoms with E-state index in [0.717, 1.165) is 18.4 Å². The van der Waals surface area contributed by atoms with Gasteiger partial charge in [-0.05, 0) is 42.5 Å². The monoisotopic (exact) mass is 333 g/mol. The molecule has 4 atom stereocenters. The minimum absolute atomic E-state index is 0.0212. The van der Waals surface area contributed by atoms with E-state index >= 15 is 0 Å². The predicted molar refractivity (Wildman–Crippen MR) is 89.1 cm³/mol. The number of piperazine rings is 1. The highest BCUT2D eigenvalue weighted by Crippen LogP contribution is 2.48. The van der Waals surface area contributed by atoms with Crippen molar-refractivity contribution in [3.05, 3.63) is 22.4 Å². The number of nitrogens with zero attached hydrogens (tertiary/aromatic N) is 2. The molecule has 1 aromatic heterocycles. The topological polar surface area (TPSA) is 66.6 Å². The molecule has 2 amide bonds. The smallest absolute Gasteiger partial charge is 0.254 e. The maximum atomic E-state index is 12.8. The first kappa shape index (κ1) is 15.1. The largest absolute Gasteiger partial charge is 0.339 e. The van der Waals surface area contributed by atoms with Gasteiger partial charge in [-0.15, -0.1) is 0 Å². The summed E-state index contributed by atoms with van der Waals surface area (Å²) in [6.45, 7) is 2.51. The van der Waals surface area contributed by atoms with Gasteiger partial charge in [-0.1, -0.05) is 0 Å². The Labute approximate surface area is 140 Å². The van der Waals surface area contributed by atoms with Gasteiger partial charge in [0, 0.05) is 37.6 Å². The lowest BCUT2D eigenvalue weighted by molar-refractivity contribution is -0.139. The molecule has 0 aromatic carbocycles. The summed E-state index contributed by atoms with van der Waals surface area (Å²) >= 11 is 1.54. The van der Waals surface area contributed by atoms with Gasteiger partial charge in [0.05, 0.1) is 11.5 Å². The SMILES string of the molecule is NC1C2CCC(C2)C1C(=O)N1CCN(C(=O)c2ccsc2)CC1. The molecule has 2 N–H and O–H groups in total. The zero-order chi connectivity index (χ0) is 16.0. The molecule has 0 radical (unpaired) electrons. The van der Waals surface area contributed by atoms with Crippen molar-refractivity contribution in [3.63, 3.8) is 0 Å². The van der Waals surface area contributed by atoms with Crippen molar-refractivity contribution in [1.82, 2.24) is 9.80 Å². The fourth-order valence-electron chi connectivity index (χ4n) is 4.61. The molecule has 0 spiro atoms. The van der Waals surface area contributed by atoms with Gasteiger partial charge < -0.3 is 15.5 Å². The van der Waals surface area contributed by atoms with Crippen LogP contribution in [0.2, 0.25) is 0 Å². The Bertz CT molecular complexity index is 593. The van der Waals surface area contributed by atoms with Crippen molar-refractivity contribution < 1.29 is 9.59 Å². The van der Waals surface area contributed by atoms with Gasteiger partial charge in [0.2, 0.25) is 5.91 Å².